The van der Waals surface area contributed by atoms with Gasteiger partial charge in [0.25, 0.3) is 5.91 Å². The monoisotopic (exact) mass is 553 g/mol. The van der Waals surface area contributed by atoms with Crippen molar-refractivity contribution in [2.75, 3.05) is 11.1 Å². The van der Waals surface area contributed by atoms with Crippen LogP contribution in [0.25, 0.3) is 0 Å². The van der Waals surface area contributed by atoms with E-state index in [2.05, 4.69) is 20.8 Å². The second kappa shape index (κ2) is 12.0. The lowest BCUT2D eigenvalue weighted by atomic mass is 10.0. The summed E-state index contributed by atoms with van der Waals surface area (Å²) in [5.41, 5.74) is 0.461. The standard InChI is InChI=1S/C25H27ClF3N5O2S/c1-5-34-22(21(14(2)3)31-23(36)16-8-6-7-15(4)11-16)32-33-24(34)37-13-20(35)30-19-12-17(25(27,28)29)9-10-18(19)26/h6-12,14,21H,5,13H2,1-4H3,(H,30,35)(H,31,36)/t21-/m1/s1. The van der Waals surface area contributed by atoms with E-state index in [1.165, 1.54) is 0 Å². The molecule has 37 heavy (non-hydrogen) atoms. The smallest absolute Gasteiger partial charge is 0.342 e. The van der Waals surface area contributed by atoms with Gasteiger partial charge in [-0.05, 0) is 50.1 Å². The second-order valence-electron chi connectivity index (χ2n) is 8.68. The summed E-state index contributed by atoms with van der Waals surface area (Å²) in [4.78, 5) is 25.4. The summed E-state index contributed by atoms with van der Waals surface area (Å²) < 4.78 is 40.8. The zero-order valence-electron chi connectivity index (χ0n) is 20.7. The lowest BCUT2D eigenvalue weighted by Crippen LogP contribution is -2.33. The second-order valence-corrected chi connectivity index (χ2v) is 10.0. The van der Waals surface area contributed by atoms with Crippen molar-refractivity contribution in [2.24, 2.45) is 5.92 Å². The number of aromatic nitrogens is 3. The molecule has 0 radical (unpaired) electrons. The van der Waals surface area contributed by atoms with Crippen molar-refractivity contribution in [1.82, 2.24) is 20.1 Å². The van der Waals surface area contributed by atoms with Crippen LogP contribution in [-0.2, 0) is 17.5 Å². The summed E-state index contributed by atoms with van der Waals surface area (Å²) in [6, 6.07) is 9.55. The zero-order chi connectivity index (χ0) is 27.3. The molecule has 0 bridgehead atoms. The molecule has 0 unspecified atom stereocenters. The molecular formula is C25H27ClF3N5O2S. The molecule has 2 amide bonds. The van der Waals surface area contributed by atoms with Crippen LogP contribution in [0.15, 0.2) is 47.6 Å². The van der Waals surface area contributed by atoms with Gasteiger partial charge in [-0.2, -0.15) is 13.2 Å². The number of anilines is 1. The third-order valence-electron chi connectivity index (χ3n) is 5.47. The highest BCUT2D eigenvalue weighted by Gasteiger charge is 2.31. The molecule has 0 saturated carbocycles. The van der Waals surface area contributed by atoms with E-state index >= 15 is 0 Å². The predicted molar refractivity (Wildman–Crippen MR) is 138 cm³/mol. The molecule has 0 spiro atoms. The first-order valence-corrected chi connectivity index (χ1v) is 12.9. The molecular weight excluding hydrogens is 527 g/mol. The molecule has 1 aromatic heterocycles. The molecule has 7 nitrogen and oxygen atoms in total. The Kier molecular flexibility index (Phi) is 9.25. The van der Waals surface area contributed by atoms with E-state index < -0.39 is 23.7 Å². The van der Waals surface area contributed by atoms with E-state index in [-0.39, 0.29) is 28.3 Å². The molecule has 0 aliphatic carbocycles. The highest BCUT2D eigenvalue weighted by atomic mass is 35.5. The van der Waals surface area contributed by atoms with Gasteiger partial charge in [0.1, 0.15) is 0 Å². The summed E-state index contributed by atoms with van der Waals surface area (Å²) in [6.45, 7) is 8.18. The van der Waals surface area contributed by atoms with Gasteiger partial charge in [0.2, 0.25) is 5.91 Å². The Bertz CT molecular complexity index is 1280. The Morgan fingerprint density at radius 3 is 2.49 bits per heavy atom. The molecule has 2 aromatic carbocycles. The van der Waals surface area contributed by atoms with E-state index in [1.807, 2.05) is 39.8 Å². The minimum absolute atomic E-state index is 0.00510. The zero-order valence-corrected chi connectivity index (χ0v) is 22.3. The van der Waals surface area contributed by atoms with Gasteiger partial charge in [-0.3, -0.25) is 9.59 Å². The molecule has 1 heterocycles. The summed E-state index contributed by atoms with van der Waals surface area (Å²) in [5.74, 6) is -0.381. The number of nitrogens with one attached hydrogen (secondary N) is 2. The van der Waals surface area contributed by atoms with Crippen molar-refractivity contribution in [3.8, 4) is 0 Å². The number of hydrogen-bond acceptors (Lipinski definition) is 5. The van der Waals surface area contributed by atoms with Crippen LogP contribution in [0.5, 0.6) is 0 Å². The minimum Gasteiger partial charge on any atom is -0.342 e. The van der Waals surface area contributed by atoms with Gasteiger partial charge in [-0.25, -0.2) is 0 Å². The van der Waals surface area contributed by atoms with Crippen LogP contribution in [0.1, 0.15) is 54.1 Å². The third-order valence-corrected chi connectivity index (χ3v) is 6.77. The topological polar surface area (TPSA) is 88.9 Å². The van der Waals surface area contributed by atoms with Gasteiger partial charge in [-0.1, -0.05) is 54.9 Å². The lowest BCUT2D eigenvalue weighted by molar-refractivity contribution is -0.137. The fourth-order valence-corrected chi connectivity index (χ4v) is 4.56. The number of halogens is 4. The first-order chi connectivity index (χ1) is 17.4. The average molecular weight is 554 g/mol. The molecule has 0 aliphatic heterocycles. The van der Waals surface area contributed by atoms with Crippen LogP contribution in [-0.4, -0.2) is 32.3 Å². The molecule has 0 fully saturated rings. The van der Waals surface area contributed by atoms with Crippen molar-refractivity contribution in [3.05, 3.63) is 70.0 Å². The molecule has 0 saturated heterocycles. The van der Waals surface area contributed by atoms with Gasteiger partial charge in [0, 0.05) is 12.1 Å². The summed E-state index contributed by atoms with van der Waals surface area (Å²) >= 11 is 7.05. The summed E-state index contributed by atoms with van der Waals surface area (Å²) in [5, 5.41) is 14.4. The number of amides is 2. The molecule has 12 heteroatoms. The van der Waals surface area contributed by atoms with E-state index in [0.717, 1.165) is 35.5 Å². The van der Waals surface area contributed by atoms with Gasteiger partial charge >= 0.3 is 6.18 Å². The highest BCUT2D eigenvalue weighted by molar-refractivity contribution is 7.99. The Morgan fingerprint density at radius 1 is 1.14 bits per heavy atom. The summed E-state index contributed by atoms with van der Waals surface area (Å²) in [6.07, 6.45) is -4.56. The lowest BCUT2D eigenvalue weighted by Gasteiger charge is -2.22. The SMILES string of the molecule is CCn1c(SCC(=O)Nc2cc(C(F)(F)F)ccc2Cl)nnc1[C@H](NC(=O)c1cccc(C)c1)C(C)C. The number of benzene rings is 2. The molecule has 3 rings (SSSR count). The minimum atomic E-state index is -4.56. The molecule has 3 aromatic rings. The maximum atomic E-state index is 13.0. The van der Waals surface area contributed by atoms with Gasteiger partial charge < -0.3 is 15.2 Å². The largest absolute Gasteiger partial charge is 0.416 e. The van der Waals surface area contributed by atoms with Crippen LogP contribution >= 0.6 is 23.4 Å². The summed E-state index contributed by atoms with van der Waals surface area (Å²) in [7, 11) is 0. The first kappa shape index (κ1) is 28.5. The maximum Gasteiger partial charge on any atom is 0.416 e. The van der Waals surface area contributed by atoms with Crippen molar-refractivity contribution in [2.45, 2.75) is 51.6 Å². The Labute approximate surface area is 222 Å². The maximum absolute atomic E-state index is 13.0. The molecule has 198 valence electrons. The van der Waals surface area contributed by atoms with Crippen molar-refractivity contribution in [3.63, 3.8) is 0 Å². The van der Waals surface area contributed by atoms with E-state index in [9.17, 15) is 22.8 Å². The number of rotatable bonds is 9. The van der Waals surface area contributed by atoms with Crippen molar-refractivity contribution in [1.29, 1.82) is 0 Å². The number of carbonyl (C=O) groups is 2. The van der Waals surface area contributed by atoms with E-state index in [0.29, 0.717) is 23.1 Å². The first-order valence-electron chi connectivity index (χ1n) is 11.5. The number of aryl methyl sites for hydroxylation is 1. The number of alkyl halides is 3. The fraction of sp³-hybridized carbons (Fsp3) is 0.360. The normalized spacial score (nSPS) is 12.5. The number of thioether (sulfide) groups is 1. The van der Waals surface area contributed by atoms with E-state index in [1.54, 1.807) is 16.7 Å². The Balaban J connectivity index is 1.73. The van der Waals surface area contributed by atoms with Crippen LogP contribution in [0, 0.1) is 12.8 Å². The van der Waals surface area contributed by atoms with Gasteiger partial charge in [-0.15, -0.1) is 10.2 Å². The number of nitrogens with zero attached hydrogens (tertiary/aromatic N) is 3. The molecule has 0 aliphatic rings. The van der Waals surface area contributed by atoms with Crippen LogP contribution < -0.4 is 10.6 Å². The molecule has 2 N–H and O–H groups in total. The van der Waals surface area contributed by atoms with Gasteiger partial charge in [0.15, 0.2) is 11.0 Å². The van der Waals surface area contributed by atoms with Gasteiger partial charge in [0.05, 0.1) is 28.1 Å². The highest BCUT2D eigenvalue weighted by Crippen LogP contribution is 2.34. The molecule has 1 atom stereocenters. The van der Waals surface area contributed by atoms with Crippen molar-refractivity contribution >= 4 is 40.9 Å². The van der Waals surface area contributed by atoms with Crippen LogP contribution in [0.2, 0.25) is 5.02 Å². The average Bonchev–Trinajstić information content (AvgIpc) is 3.24. The number of carbonyl (C=O) groups excluding carboxylic acids is 2. The van der Waals surface area contributed by atoms with Crippen LogP contribution in [0.3, 0.4) is 0 Å². The fourth-order valence-electron chi connectivity index (χ4n) is 3.59. The third kappa shape index (κ3) is 7.26. The number of hydrogen-bond donors (Lipinski definition) is 2. The Morgan fingerprint density at radius 2 is 1.86 bits per heavy atom. The van der Waals surface area contributed by atoms with E-state index in [4.69, 9.17) is 11.6 Å². The van der Waals surface area contributed by atoms with Crippen LogP contribution in [0.4, 0.5) is 18.9 Å². The Hall–Kier alpha value is -3.05. The quantitative estimate of drug-likeness (QED) is 0.311. The predicted octanol–water partition coefficient (Wildman–Crippen LogP) is 6.14. The van der Waals surface area contributed by atoms with Crippen molar-refractivity contribution < 1.29 is 22.8 Å².